The van der Waals surface area contributed by atoms with E-state index in [-0.39, 0.29) is 22.5 Å². The summed E-state index contributed by atoms with van der Waals surface area (Å²) in [4.78, 5) is 4.01. The SMILES string of the molecule is NC1=Nc2c(cc(Cl)c(F)c2F)[C@H]2CCC[C@@H]12. The lowest BCUT2D eigenvalue weighted by Crippen LogP contribution is -2.28. The van der Waals surface area contributed by atoms with E-state index < -0.39 is 11.6 Å². The summed E-state index contributed by atoms with van der Waals surface area (Å²) in [6.07, 6.45) is 2.91. The minimum absolute atomic E-state index is 0.0348. The van der Waals surface area contributed by atoms with Crippen molar-refractivity contribution in [3.63, 3.8) is 0 Å². The number of nitrogens with two attached hydrogens (primary N) is 1. The van der Waals surface area contributed by atoms with Gasteiger partial charge in [-0.2, -0.15) is 0 Å². The van der Waals surface area contributed by atoms with Crippen LogP contribution in [0.1, 0.15) is 30.7 Å². The van der Waals surface area contributed by atoms with Crippen LogP contribution in [-0.4, -0.2) is 5.84 Å². The fourth-order valence-corrected chi connectivity index (χ4v) is 3.10. The standard InChI is InChI=1S/C12H11ClF2N2/c13-8-4-7-5-2-1-3-6(5)12(16)17-11(7)10(15)9(8)14/h4-6H,1-3H2,(H2,16,17)/t5-,6+/m0/s1. The number of aliphatic imine (C=N–C) groups is 1. The summed E-state index contributed by atoms with van der Waals surface area (Å²) in [7, 11) is 0. The van der Waals surface area contributed by atoms with Crippen molar-refractivity contribution in [1.29, 1.82) is 0 Å². The highest BCUT2D eigenvalue weighted by Crippen LogP contribution is 2.48. The largest absolute Gasteiger partial charge is 0.387 e. The van der Waals surface area contributed by atoms with Crippen LogP contribution in [-0.2, 0) is 0 Å². The highest BCUT2D eigenvalue weighted by atomic mass is 35.5. The molecule has 3 rings (SSSR count). The molecular weight excluding hydrogens is 246 g/mol. The summed E-state index contributed by atoms with van der Waals surface area (Å²) in [5.74, 6) is -1.32. The summed E-state index contributed by atoms with van der Waals surface area (Å²) in [5, 5.41) is -0.178. The van der Waals surface area contributed by atoms with E-state index in [1.807, 2.05) is 0 Å². The maximum absolute atomic E-state index is 13.8. The zero-order valence-corrected chi connectivity index (χ0v) is 9.77. The predicted octanol–water partition coefficient (Wildman–Crippen LogP) is 3.50. The molecule has 1 heterocycles. The lowest BCUT2D eigenvalue weighted by atomic mass is 9.84. The van der Waals surface area contributed by atoms with Crippen LogP contribution in [0.25, 0.3) is 0 Å². The van der Waals surface area contributed by atoms with E-state index in [2.05, 4.69) is 4.99 Å². The van der Waals surface area contributed by atoms with Crippen molar-refractivity contribution in [1.82, 2.24) is 0 Å². The number of hydrogen-bond donors (Lipinski definition) is 1. The van der Waals surface area contributed by atoms with Gasteiger partial charge in [0.05, 0.1) is 5.02 Å². The summed E-state index contributed by atoms with van der Waals surface area (Å²) in [5.41, 5.74) is 6.55. The molecule has 90 valence electrons. The number of benzene rings is 1. The molecule has 2 aliphatic rings. The third kappa shape index (κ3) is 1.47. The molecule has 2 atom stereocenters. The maximum Gasteiger partial charge on any atom is 0.186 e. The minimum Gasteiger partial charge on any atom is -0.387 e. The van der Waals surface area contributed by atoms with Crippen molar-refractivity contribution in [3.8, 4) is 0 Å². The van der Waals surface area contributed by atoms with Crippen LogP contribution in [0.4, 0.5) is 14.5 Å². The van der Waals surface area contributed by atoms with E-state index in [4.69, 9.17) is 17.3 Å². The quantitative estimate of drug-likeness (QED) is 0.709. The molecular formula is C12H11ClF2N2. The molecule has 1 fully saturated rings. The second kappa shape index (κ2) is 3.67. The van der Waals surface area contributed by atoms with Gasteiger partial charge in [-0.1, -0.05) is 18.0 Å². The first-order chi connectivity index (χ1) is 8.09. The maximum atomic E-state index is 13.8. The van der Waals surface area contributed by atoms with E-state index in [1.54, 1.807) is 0 Å². The number of rotatable bonds is 0. The fraction of sp³-hybridized carbons (Fsp3) is 0.417. The van der Waals surface area contributed by atoms with Gasteiger partial charge in [0.1, 0.15) is 11.5 Å². The third-order valence-corrected chi connectivity index (χ3v) is 3.98. The van der Waals surface area contributed by atoms with Gasteiger partial charge < -0.3 is 5.73 Å². The Balaban J connectivity index is 2.26. The number of hydrogen-bond acceptors (Lipinski definition) is 2. The Morgan fingerprint density at radius 3 is 2.71 bits per heavy atom. The fourth-order valence-electron chi connectivity index (χ4n) is 2.90. The molecule has 2 N–H and O–H groups in total. The first kappa shape index (κ1) is 11.0. The van der Waals surface area contributed by atoms with Crippen molar-refractivity contribution in [2.24, 2.45) is 16.6 Å². The highest BCUT2D eigenvalue weighted by Gasteiger charge is 2.37. The van der Waals surface area contributed by atoms with Crippen LogP contribution in [0.5, 0.6) is 0 Å². The molecule has 0 radical (unpaired) electrons. The molecule has 1 aliphatic heterocycles. The van der Waals surface area contributed by atoms with Gasteiger partial charge in [0, 0.05) is 5.92 Å². The molecule has 2 nitrogen and oxygen atoms in total. The topological polar surface area (TPSA) is 38.4 Å². The van der Waals surface area contributed by atoms with Crippen molar-refractivity contribution >= 4 is 23.1 Å². The van der Waals surface area contributed by atoms with Crippen LogP contribution >= 0.6 is 11.6 Å². The van der Waals surface area contributed by atoms with E-state index in [1.165, 1.54) is 6.07 Å². The first-order valence-electron chi connectivity index (χ1n) is 5.61. The van der Waals surface area contributed by atoms with Crippen molar-refractivity contribution < 1.29 is 8.78 Å². The van der Waals surface area contributed by atoms with Crippen molar-refractivity contribution in [2.75, 3.05) is 0 Å². The molecule has 5 heteroatoms. The van der Waals surface area contributed by atoms with Crippen LogP contribution < -0.4 is 5.73 Å². The molecule has 1 aliphatic carbocycles. The van der Waals surface area contributed by atoms with Gasteiger partial charge >= 0.3 is 0 Å². The van der Waals surface area contributed by atoms with E-state index in [9.17, 15) is 8.78 Å². The summed E-state index contributed by atoms with van der Waals surface area (Å²) in [6, 6.07) is 1.49. The predicted molar refractivity (Wildman–Crippen MR) is 62.7 cm³/mol. The smallest absolute Gasteiger partial charge is 0.186 e. The molecule has 1 aromatic rings. The van der Waals surface area contributed by atoms with Gasteiger partial charge in [0.25, 0.3) is 0 Å². The number of nitrogens with zero attached hydrogens (tertiary/aromatic N) is 1. The Kier molecular flexibility index (Phi) is 2.36. The summed E-state index contributed by atoms with van der Waals surface area (Å²) in [6.45, 7) is 0. The Morgan fingerprint density at radius 1 is 1.24 bits per heavy atom. The third-order valence-electron chi connectivity index (χ3n) is 3.70. The van der Waals surface area contributed by atoms with Gasteiger partial charge in [-0.05, 0) is 30.4 Å². The minimum atomic E-state index is -1.04. The van der Waals surface area contributed by atoms with Crippen LogP contribution in [0, 0.1) is 17.6 Å². The molecule has 0 saturated heterocycles. The number of amidine groups is 1. The summed E-state index contributed by atoms with van der Waals surface area (Å²) >= 11 is 5.68. The molecule has 0 aromatic heterocycles. The summed E-state index contributed by atoms with van der Waals surface area (Å²) < 4.78 is 27.1. The molecule has 1 saturated carbocycles. The Labute approximate surface area is 102 Å². The average Bonchev–Trinajstić information content (AvgIpc) is 2.78. The normalized spacial score (nSPS) is 26.4. The lowest BCUT2D eigenvalue weighted by molar-refractivity contribution is 0.502. The van der Waals surface area contributed by atoms with Crippen LogP contribution in [0.2, 0.25) is 5.02 Å². The van der Waals surface area contributed by atoms with E-state index in [0.717, 1.165) is 19.3 Å². The zero-order valence-electron chi connectivity index (χ0n) is 9.01. The monoisotopic (exact) mass is 256 g/mol. The Hall–Kier alpha value is -1.16. The molecule has 17 heavy (non-hydrogen) atoms. The van der Waals surface area contributed by atoms with Crippen molar-refractivity contribution in [2.45, 2.75) is 25.2 Å². The number of halogens is 3. The van der Waals surface area contributed by atoms with Crippen LogP contribution in [0.15, 0.2) is 11.1 Å². The lowest BCUT2D eigenvalue weighted by Gasteiger charge is -2.26. The van der Waals surface area contributed by atoms with E-state index in [0.29, 0.717) is 11.4 Å². The number of fused-ring (bicyclic) bond motifs is 3. The van der Waals surface area contributed by atoms with Gasteiger partial charge in [-0.15, -0.1) is 0 Å². The zero-order chi connectivity index (χ0) is 12.2. The molecule has 0 spiro atoms. The van der Waals surface area contributed by atoms with Crippen LogP contribution in [0.3, 0.4) is 0 Å². The Bertz CT molecular complexity index is 528. The highest BCUT2D eigenvalue weighted by molar-refractivity contribution is 6.31. The van der Waals surface area contributed by atoms with Gasteiger partial charge in [0.2, 0.25) is 0 Å². The van der Waals surface area contributed by atoms with Gasteiger partial charge in [0.15, 0.2) is 11.6 Å². The van der Waals surface area contributed by atoms with E-state index >= 15 is 0 Å². The van der Waals surface area contributed by atoms with Crippen molar-refractivity contribution in [3.05, 3.63) is 28.3 Å². The first-order valence-corrected chi connectivity index (χ1v) is 5.99. The average molecular weight is 257 g/mol. The molecule has 1 aromatic carbocycles. The van der Waals surface area contributed by atoms with Gasteiger partial charge in [-0.3, -0.25) is 0 Å². The molecule has 0 unspecified atom stereocenters. The second-order valence-electron chi connectivity index (χ2n) is 4.60. The molecule has 0 bridgehead atoms. The van der Waals surface area contributed by atoms with Gasteiger partial charge in [-0.25, -0.2) is 13.8 Å². The molecule has 0 amide bonds. The Morgan fingerprint density at radius 2 is 1.94 bits per heavy atom. The second-order valence-corrected chi connectivity index (χ2v) is 5.01.